The molecule has 0 aromatic carbocycles. The van der Waals surface area contributed by atoms with Gasteiger partial charge < -0.3 is 4.74 Å². The van der Waals surface area contributed by atoms with Gasteiger partial charge in [-0.15, -0.1) is 11.8 Å². The van der Waals surface area contributed by atoms with Crippen molar-refractivity contribution in [1.29, 1.82) is 0 Å². The van der Waals surface area contributed by atoms with Crippen molar-refractivity contribution in [2.75, 3.05) is 12.9 Å². The van der Waals surface area contributed by atoms with Gasteiger partial charge in [-0.25, -0.2) is 15.0 Å². The number of ether oxygens (including phenoxy) is 1. The molecule has 3 heterocycles. The summed E-state index contributed by atoms with van der Waals surface area (Å²) in [5.41, 5.74) is 1.76. The molecule has 5 nitrogen and oxygen atoms in total. The predicted molar refractivity (Wildman–Crippen MR) is 70.7 cm³/mol. The number of nitrogens with zero attached hydrogens (tertiary/aromatic N) is 4. The Morgan fingerprint density at radius 1 is 1.39 bits per heavy atom. The number of imidazole rings is 1. The molecule has 6 heteroatoms. The van der Waals surface area contributed by atoms with Crippen LogP contribution >= 0.6 is 11.8 Å². The number of thioether (sulfide) groups is 1. The fourth-order valence-corrected chi connectivity index (χ4v) is 2.85. The van der Waals surface area contributed by atoms with Crippen LogP contribution in [-0.2, 0) is 4.74 Å². The smallest absolute Gasteiger partial charge is 0.166 e. The Balaban J connectivity index is 2.10. The van der Waals surface area contributed by atoms with Crippen molar-refractivity contribution in [2.24, 2.45) is 0 Å². The highest BCUT2D eigenvalue weighted by molar-refractivity contribution is 7.98. The minimum atomic E-state index is 0.0766. The van der Waals surface area contributed by atoms with E-state index >= 15 is 0 Å². The van der Waals surface area contributed by atoms with Crippen LogP contribution in [0.15, 0.2) is 11.4 Å². The van der Waals surface area contributed by atoms with Crippen LogP contribution in [0.3, 0.4) is 0 Å². The molecular formula is C12H16N4OS. The molecule has 1 atom stereocenters. The second-order valence-corrected chi connectivity index (χ2v) is 5.22. The van der Waals surface area contributed by atoms with Gasteiger partial charge in [0.2, 0.25) is 0 Å². The summed E-state index contributed by atoms with van der Waals surface area (Å²) in [6, 6.07) is 0. The van der Waals surface area contributed by atoms with Crippen molar-refractivity contribution in [2.45, 2.75) is 37.4 Å². The van der Waals surface area contributed by atoms with Gasteiger partial charge in [0.1, 0.15) is 22.6 Å². The van der Waals surface area contributed by atoms with Gasteiger partial charge in [0.05, 0.1) is 6.33 Å². The summed E-state index contributed by atoms with van der Waals surface area (Å²) in [6.07, 6.45) is 7.29. The number of hydrogen-bond acceptors (Lipinski definition) is 5. The van der Waals surface area contributed by atoms with E-state index in [4.69, 9.17) is 4.74 Å². The van der Waals surface area contributed by atoms with Gasteiger partial charge in [-0.3, -0.25) is 4.57 Å². The normalized spacial score (nSPS) is 20.4. The molecule has 3 rings (SSSR count). The standard InChI is InChI=1S/C12H16N4OS/c1-8-14-11-10(12(15-8)18-2)13-7-16(11)9-5-3-4-6-17-9/h7,9H,3-6H2,1-2H3. The van der Waals surface area contributed by atoms with Crippen LogP contribution < -0.4 is 0 Å². The highest BCUT2D eigenvalue weighted by Gasteiger charge is 2.20. The molecule has 0 saturated carbocycles. The zero-order chi connectivity index (χ0) is 12.5. The number of hydrogen-bond donors (Lipinski definition) is 0. The van der Waals surface area contributed by atoms with Crippen LogP contribution in [0.4, 0.5) is 0 Å². The summed E-state index contributed by atoms with van der Waals surface area (Å²) >= 11 is 1.60. The summed E-state index contributed by atoms with van der Waals surface area (Å²) in [7, 11) is 0. The minimum Gasteiger partial charge on any atom is -0.358 e. The highest BCUT2D eigenvalue weighted by Crippen LogP contribution is 2.28. The minimum absolute atomic E-state index is 0.0766. The zero-order valence-corrected chi connectivity index (χ0v) is 11.4. The molecule has 1 aliphatic heterocycles. The lowest BCUT2D eigenvalue weighted by Gasteiger charge is -2.23. The SMILES string of the molecule is CSc1nc(C)nc2c1ncn2C1CCCCO1. The molecule has 2 aromatic heterocycles. The summed E-state index contributed by atoms with van der Waals surface area (Å²) in [6.45, 7) is 2.74. The fraction of sp³-hybridized carbons (Fsp3) is 0.583. The molecule has 96 valence electrons. The first-order valence-electron chi connectivity index (χ1n) is 6.16. The van der Waals surface area contributed by atoms with E-state index in [9.17, 15) is 0 Å². The molecule has 2 aromatic rings. The van der Waals surface area contributed by atoms with Gasteiger partial charge in [0, 0.05) is 6.61 Å². The van der Waals surface area contributed by atoms with Gasteiger partial charge in [-0.05, 0) is 32.4 Å². The summed E-state index contributed by atoms with van der Waals surface area (Å²) < 4.78 is 7.84. The maximum atomic E-state index is 5.80. The van der Waals surface area contributed by atoms with E-state index in [1.807, 2.05) is 24.1 Å². The lowest BCUT2D eigenvalue weighted by Crippen LogP contribution is -2.17. The van der Waals surface area contributed by atoms with E-state index in [0.29, 0.717) is 0 Å². The average Bonchev–Trinajstić information content (AvgIpc) is 2.82. The monoisotopic (exact) mass is 264 g/mol. The van der Waals surface area contributed by atoms with Crippen LogP contribution in [0.1, 0.15) is 31.3 Å². The predicted octanol–water partition coefficient (Wildman–Crippen LogP) is 2.56. The van der Waals surface area contributed by atoms with Crippen molar-refractivity contribution in [3.05, 3.63) is 12.2 Å². The molecule has 1 fully saturated rings. The van der Waals surface area contributed by atoms with Crippen LogP contribution in [0.25, 0.3) is 11.2 Å². The zero-order valence-electron chi connectivity index (χ0n) is 10.6. The third kappa shape index (κ3) is 1.99. The molecule has 0 N–H and O–H groups in total. The van der Waals surface area contributed by atoms with Gasteiger partial charge in [-0.1, -0.05) is 0 Å². The quantitative estimate of drug-likeness (QED) is 0.616. The second kappa shape index (κ2) is 4.85. The molecule has 18 heavy (non-hydrogen) atoms. The summed E-state index contributed by atoms with van der Waals surface area (Å²) in [5, 5.41) is 0.937. The largest absolute Gasteiger partial charge is 0.358 e. The third-order valence-corrected chi connectivity index (χ3v) is 3.83. The number of rotatable bonds is 2. The van der Waals surface area contributed by atoms with E-state index < -0.39 is 0 Å². The molecule has 0 radical (unpaired) electrons. The van der Waals surface area contributed by atoms with E-state index in [-0.39, 0.29) is 6.23 Å². The van der Waals surface area contributed by atoms with Gasteiger partial charge in [0.25, 0.3) is 0 Å². The summed E-state index contributed by atoms with van der Waals surface area (Å²) in [5.74, 6) is 0.782. The molecule has 0 aliphatic carbocycles. The Kier molecular flexibility index (Phi) is 3.22. The number of fused-ring (bicyclic) bond motifs is 1. The lowest BCUT2D eigenvalue weighted by atomic mass is 10.2. The number of aromatic nitrogens is 4. The van der Waals surface area contributed by atoms with Crippen molar-refractivity contribution in [3.8, 4) is 0 Å². The van der Waals surface area contributed by atoms with Crippen LogP contribution in [0, 0.1) is 6.92 Å². The van der Waals surface area contributed by atoms with Gasteiger partial charge >= 0.3 is 0 Å². The Bertz CT molecular complexity index is 562. The van der Waals surface area contributed by atoms with Crippen LogP contribution in [0.2, 0.25) is 0 Å². The van der Waals surface area contributed by atoms with Crippen molar-refractivity contribution in [3.63, 3.8) is 0 Å². The molecule has 0 amide bonds. The maximum absolute atomic E-state index is 5.80. The first kappa shape index (κ1) is 11.9. The molecule has 1 saturated heterocycles. The molecule has 0 bridgehead atoms. The fourth-order valence-electron chi connectivity index (χ4n) is 2.29. The molecule has 1 aliphatic rings. The Hall–Kier alpha value is -1.14. The van der Waals surface area contributed by atoms with Crippen molar-refractivity contribution in [1.82, 2.24) is 19.5 Å². The Morgan fingerprint density at radius 2 is 2.28 bits per heavy atom. The topological polar surface area (TPSA) is 52.8 Å². The maximum Gasteiger partial charge on any atom is 0.166 e. The van der Waals surface area contributed by atoms with E-state index in [1.54, 1.807) is 11.8 Å². The molecule has 1 unspecified atom stereocenters. The van der Waals surface area contributed by atoms with E-state index in [2.05, 4.69) is 15.0 Å². The highest BCUT2D eigenvalue weighted by atomic mass is 32.2. The van der Waals surface area contributed by atoms with E-state index in [0.717, 1.165) is 41.5 Å². The van der Waals surface area contributed by atoms with Crippen LogP contribution in [0.5, 0.6) is 0 Å². The van der Waals surface area contributed by atoms with Gasteiger partial charge in [-0.2, -0.15) is 0 Å². The molecule has 0 spiro atoms. The Labute approximate surface area is 110 Å². The third-order valence-electron chi connectivity index (χ3n) is 3.16. The first-order chi connectivity index (χ1) is 8.79. The van der Waals surface area contributed by atoms with Crippen LogP contribution in [-0.4, -0.2) is 32.4 Å². The molecular weight excluding hydrogens is 248 g/mol. The van der Waals surface area contributed by atoms with Crippen molar-refractivity contribution < 1.29 is 4.74 Å². The number of aryl methyl sites for hydroxylation is 1. The Morgan fingerprint density at radius 3 is 3.00 bits per heavy atom. The lowest BCUT2D eigenvalue weighted by molar-refractivity contribution is -0.0298. The van der Waals surface area contributed by atoms with Gasteiger partial charge in [0.15, 0.2) is 5.65 Å². The first-order valence-corrected chi connectivity index (χ1v) is 7.39. The van der Waals surface area contributed by atoms with Crippen molar-refractivity contribution >= 4 is 22.9 Å². The average molecular weight is 264 g/mol. The van der Waals surface area contributed by atoms with E-state index in [1.165, 1.54) is 6.42 Å². The summed E-state index contributed by atoms with van der Waals surface area (Å²) in [4.78, 5) is 13.4. The second-order valence-electron chi connectivity index (χ2n) is 4.43.